The van der Waals surface area contributed by atoms with Gasteiger partial charge in [0.15, 0.2) is 5.75 Å². The Morgan fingerprint density at radius 2 is 2.29 bits per heavy atom. The summed E-state index contributed by atoms with van der Waals surface area (Å²) in [6, 6.07) is 4.58. The minimum absolute atomic E-state index is 0.0615. The molecule has 0 heterocycles. The highest BCUT2D eigenvalue weighted by atomic mass is 16.6. The molecule has 1 atom stereocenters. The fourth-order valence-electron chi connectivity index (χ4n) is 1.36. The van der Waals surface area contributed by atoms with E-state index in [0.717, 1.165) is 5.69 Å². The van der Waals surface area contributed by atoms with E-state index in [0.29, 0.717) is 13.0 Å². The van der Waals surface area contributed by atoms with Gasteiger partial charge in [-0.1, -0.05) is 0 Å². The maximum Gasteiger partial charge on any atom is 0.311 e. The summed E-state index contributed by atoms with van der Waals surface area (Å²) in [5.41, 5.74) is 0.668. The number of aliphatic hydroxyl groups is 1. The van der Waals surface area contributed by atoms with Crippen molar-refractivity contribution in [3.05, 3.63) is 28.3 Å². The molecule has 0 spiro atoms. The summed E-state index contributed by atoms with van der Waals surface area (Å²) in [4.78, 5) is 10.2. The molecule has 94 valence electrons. The number of benzene rings is 1. The predicted molar refractivity (Wildman–Crippen MR) is 64.4 cm³/mol. The summed E-state index contributed by atoms with van der Waals surface area (Å²) in [5.74, 6) is 0.219. The van der Waals surface area contributed by atoms with Gasteiger partial charge >= 0.3 is 5.69 Å². The minimum atomic E-state index is -0.488. The molecule has 0 aliphatic rings. The molecule has 1 aromatic rings. The van der Waals surface area contributed by atoms with Gasteiger partial charge < -0.3 is 15.2 Å². The third-order valence-corrected chi connectivity index (χ3v) is 2.27. The van der Waals surface area contributed by atoms with E-state index in [1.54, 1.807) is 19.1 Å². The zero-order chi connectivity index (χ0) is 12.8. The highest BCUT2D eigenvalue weighted by Crippen LogP contribution is 2.29. The summed E-state index contributed by atoms with van der Waals surface area (Å²) in [5, 5.41) is 22.8. The number of anilines is 1. The van der Waals surface area contributed by atoms with E-state index in [-0.39, 0.29) is 17.5 Å². The number of rotatable bonds is 6. The Kier molecular flexibility index (Phi) is 4.71. The van der Waals surface area contributed by atoms with Gasteiger partial charge in [-0.25, -0.2) is 0 Å². The normalized spacial score (nSPS) is 11.9. The fourth-order valence-corrected chi connectivity index (χ4v) is 1.36. The van der Waals surface area contributed by atoms with Gasteiger partial charge in [-0.05, 0) is 19.4 Å². The average molecular weight is 240 g/mol. The van der Waals surface area contributed by atoms with Crippen LogP contribution in [-0.4, -0.2) is 29.8 Å². The standard InChI is InChI=1S/C11H16N2O4/c1-8(14)5-6-12-9-3-4-10(13(15)16)11(7-9)17-2/h3-4,7-8,12,14H,5-6H2,1-2H3. The van der Waals surface area contributed by atoms with Crippen molar-refractivity contribution in [3.63, 3.8) is 0 Å². The first kappa shape index (κ1) is 13.2. The van der Waals surface area contributed by atoms with Crippen molar-refractivity contribution in [2.45, 2.75) is 19.4 Å². The van der Waals surface area contributed by atoms with Gasteiger partial charge in [-0.3, -0.25) is 10.1 Å². The van der Waals surface area contributed by atoms with Crippen molar-refractivity contribution in [1.29, 1.82) is 0 Å². The molecule has 0 fully saturated rings. The molecule has 6 nitrogen and oxygen atoms in total. The van der Waals surface area contributed by atoms with Gasteiger partial charge in [0.1, 0.15) is 0 Å². The quantitative estimate of drug-likeness (QED) is 0.585. The average Bonchev–Trinajstić information content (AvgIpc) is 2.28. The topological polar surface area (TPSA) is 84.6 Å². The molecule has 0 saturated heterocycles. The number of methoxy groups -OCH3 is 1. The van der Waals surface area contributed by atoms with E-state index >= 15 is 0 Å². The van der Waals surface area contributed by atoms with Crippen molar-refractivity contribution < 1.29 is 14.8 Å². The zero-order valence-electron chi connectivity index (χ0n) is 9.84. The highest BCUT2D eigenvalue weighted by molar-refractivity contribution is 5.57. The molecule has 1 rings (SSSR count). The minimum Gasteiger partial charge on any atom is -0.490 e. The van der Waals surface area contributed by atoms with Crippen LogP contribution in [0.15, 0.2) is 18.2 Å². The van der Waals surface area contributed by atoms with Crippen LogP contribution in [0.25, 0.3) is 0 Å². The van der Waals surface area contributed by atoms with Gasteiger partial charge in [0.2, 0.25) is 0 Å². The number of aliphatic hydroxyl groups excluding tert-OH is 1. The smallest absolute Gasteiger partial charge is 0.311 e. The molecule has 0 radical (unpaired) electrons. The van der Waals surface area contributed by atoms with Crippen LogP contribution in [-0.2, 0) is 0 Å². The van der Waals surface area contributed by atoms with E-state index in [1.807, 2.05) is 0 Å². The third-order valence-electron chi connectivity index (χ3n) is 2.27. The Labute approximate surface area is 99.4 Å². The van der Waals surface area contributed by atoms with Crippen LogP contribution in [0.4, 0.5) is 11.4 Å². The maximum absolute atomic E-state index is 10.7. The molecule has 0 saturated carbocycles. The second kappa shape index (κ2) is 6.05. The van der Waals surface area contributed by atoms with Crippen LogP contribution in [0.1, 0.15) is 13.3 Å². The molecule has 1 unspecified atom stereocenters. The second-order valence-corrected chi connectivity index (χ2v) is 3.71. The summed E-state index contributed by atoms with van der Waals surface area (Å²) in [6.07, 6.45) is 0.238. The number of nitrogens with one attached hydrogen (secondary N) is 1. The van der Waals surface area contributed by atoms with Crippen LogP contribution in [0, 0.1) is 10.1 Å². The van der Waals surface area contributed by atoms with Crippen molar-refractivity contribution in [3.8, 4) is 5.75 Å². The summed E-state index contributed by atoms with van der Waals surface area (Å²) in [7, 11) is 1.39. The molecule has 0 bridgehead atoms. The lowest BCUT2D eigenvalue weighted by Crippen LogP contribution is -2.09. The number of nitro benzene ring substituents is 1. The third kappa shape index (κ3) is 3.92. The second-order valence-electron chi connectivity index (χ2n) is 3.71. The molecular weight excluding hydrogens is 224 g/mol. The van der Waals surface area contributed by atoms with E-state index < -0.39 is 4.92 Å². The summed E-state index contributed by atoms with van der Waals surface area (Å²) < 4.78 is 4.94. The van der Waals surface area contributed by atoms with Crippen molar-refractivity contribution in [2.75, 3.05) is 19.0 Å². The van der Waals surface area contributed by atoms with E-state index in [1.165, 1.54) is 13.2 Å². The largest absolute Gasteiger partial charge is 0.490 e. The molecule has 1 aromatic carbocycles. The van der Waals surface area contributed by atoms with Gasteiger partial charge in [-0.2, -0.15) is 0 Å². The van der Waals surface area contributed by atoms with E-state index in [4.69, 9.17) is 9.84 Å². The van der Waals surface area contributed by atoms with Gasteiger partial charge in [-0.15, -0.1) is 0 Å². The first-order valence-corrected chi connectivity index (χ1v) is 5.29. The number of ether oxygens (including phenoxy) is 1. The highest BCUT2D eigenvalue weighted by Gasteiger charge is 2.14. The van der Waals surface area contributed by atoms with E-state index in [9.17, 15) is 10.1 Å². The Hall–Kier alpha value is -1.82. The Balaban J connectivity index is 2.72. The Morgan fingerprint density at radius 3 is 2.82 bits per heavy atom. The molecule has 2 N–H and O–H groups in total. The Bertz CT molecular complexity index is 393. The van der Waals surface area contributed by atoms with Crippen molar-refractivity contribution in [1.82, 2.24) is 0 Å². The van der Waals surface area contributed by atoms with Gasteiger partial charge in [0, 0.05) is 24.4 Å². The maximum atomic E-state index is 10.7. The first-order valence-electron chi connectivity index (χ1n) is 5.29. The lowest BCUT2D eigenvalue weighted by Gasteiger charge is -2.09. The SMILES string of the molecule is COc1cc(NCCC(C)O)ccc1[N+](=O)[O-]. The Morgan fingerprint density at radius 1 is 1.59 bits per heavy atom. The van der Waals surface area contributed by atoms with Crippen LogP contribution in [0.3, 0.4) is 0 Å². The molecule has 0 aliphatic heterocycles. The molecule has 0 amide bonds. The van der Waals surface area contributed by atoms with Crippen molar-refractivity contribution >= 4 is 11.4 Å². The van der Waals surface area contributed by atoms with Crippen molar-refractivity contribution in [2.24, 2.45) is 0 Å². The summed E-state index contributed by atoms with van der Waals surface area (Å²) >= 11 is 0. The van der Waals surface area contributed by atoms with Crippen LogP contribution >= 0.6 is 0 Å². The molecule has 6 heteroatoms. The lowest BCUT2D eigenvalue weighted by molar-refractivity contribution is -0.385. The number of hydrogen-bond donors (Lipinski definition) is 2. The first-order chi connectivity index (χ1) is 8.04. The predicted octanol–water partition coefficient (Wildman–Crippen LogP) is 1.79. The molecule has 0 aliphatic carbocycles. The summed E-state index contributed by atoms with van der Waals surface area (Å²) in [6.45, 7) is 2.30. The number of nitrogens with zero attached hydrogens (tertiary/aromatic N) is 1. The van der Waals surface area contributed by atoms with E-state index in [2.05, 4.69) is 5.32 Å². The van der Waals surface area contributed by atoms with Gasteiger partial charge in [0.25, 0.3) is 0 Å². The monoisotopic (exact) mass is 240 g/mol. The zero-order valence-corrected chi connectivity index (χ0v) is 9.84. The molecule has 0 aromatic heterocycles. The van der Waals surface area contributed by atoms with Gasteiger partial charge in [0.05, 0.1) is 18.1 Å². The van der Waals surface area contributed by atoms with Crippen LogP contribution in [0.2, 0.25) is 0 Å². The molecule has 17 heavy (non-hydrogen) atoms. The van der Waals surface area contributed by atoms with Crippen LogP contribution < -0.4 is 10.1 Å². The van der Waals surface area contributed by atoms with Crippen LogP contribution in [0.5, 0.6) is 5.75 Å². The number of nitro groups is 1. The lowest BCUT2D eigenvalue weighted by atomic mass is 10.2. The molecular formula is C11H16N2O4. The fraction of sp³-hybridized carbons (Fsp3) is 0.455. The number of hydrogen-bond acceptors (Lipinski definition) is 5.